The van der Waals surface area contributed by atoms with Gasteiger partial charge in [-0.25, -0.2) is 4.98 Å². The second-order valence-electron chi connectivity index (χ2n) is 5.59. The van der Waals surface area contributed by atoms with E-state index in [0.29, 0.717) is 0 Å². The summed E-state index contributed by atoms with van der Waals surface area (Å²) in [6.45, 7) is 14.0. The molecule has 0 aliphatic heterocycles. The van der Waals surface area contributed by atoms with E-state index in [1.807, 2.05) is 13.1 Å². The van der Waals surface area contributed by atoms with Crippen LogP contribution in [0.4, 0.5) is 0 Å². The third-order valence-electron chi connectivity index (χ3n) is 2.72. The van der Waals surface area contributed by atoms with E-state index in [1.54, 1.807) is 0 Å². The van der Waals surface area contributed by atoms with Crippen LogP contribution in [0.2, 0.25) is 0 Å². The van der Waals surface area contributed by atoms with Crippen LogP contribution in [0.25, 0.3) is 0 Å². The molecule has 0 aliphatic rings. The van der Waals surface area contributed by atoms with Crippen LogP contribution in [-0.4, -0.2) is 28.3 Å². The summed E-state index contributed by atoms with van der Waals surface area (Å²) in [7, 11) is 0. The van der Waals surface area contributed by atoms with Gasteiger partial charge in [0.2, 0.25) is 0 Å². The number of aromatic nitrogens is 2. The fraction of sp³-hybridized carbons (Fsp3) is 0.786. The van der Waals surface area contributed by atoms with E-state index in [0.717, 1.165) is 38.5 Å². The van der Waals surface area contributed by atoms with Gasteiger partial charge in [0, 0.05) is 19.3 Å². The number of aryl methyl sites for hydroxylation is 1. The van der Waals surface area contributed by atoms with Crippen LogP contribution in [0.3, 0.4) is 0 Å². The van der Waals surface area contributed by atoms with Gasteiger partial charge < -0.3 is 14.6 Å². The number of rotatable bonds is 7. The molecule has 0 saturated heterocycles. The molecule has 104 valence electrons. The van der Waals surface area contributed by atoms with Gasteiger partial charge in [-0.15, -0.1) is 0 Å². The smallest absolute Gasteiger partial charge is 0.105 e. The van der Waals surface area contributed by atoms with Gasteiger partial charge in [-0.2, -0.15) is 0 Å². The zero-order valence-corrected chi connectivity index (χ0v) is 12.4. The summed E-state index contributed by atoms with van der Waals surface area (Å²) in [5, 5.41) is 3.41. The van der Waals surface area contributed by atoms with E-state index < -0.39 is 0 Å². The third kappa shape index (κ3) is 5.19. The van der Waals surface area contributed by atoms with Gasteiger partial charge in [-0.3, -0.25) is 0 Å². The molecule has 0 bridgehead atoms. The Labute approximate surface area is 111 Å². The SMILES string of the molecule is CCCNCc1cnc(C)n1CCOC(C)(C)C. The van der Waals surface area contributed by atoms with E-state index in [9.17, 15) is 0 Å². The van der Waals surface area contributed by atoms with E-state index in [-0.39, 0.29) is 5.60 Å². The molecule has 1 rings (SSSR count). The normalized spacial score (nSPS) is 12.1. The van der Waals surface area contributed by atoms with Crippen LogP contribution in [0.15, 0.2) is 6.20 Å². The van der Waals surface area contributed by atoms with Gasteiger partial charge in [0.15, 0.2) is 0 Å². The Morgan fingerprint density at radius 3 is 2.72 bits per heavy atom. The number of nitrogens with zero attached hydrogens (tertiary/aromatic N) is 2. The Morgan fingerprint density at radius 2 is 2.11 bits per heavy atom. The molecule has 1 aromatic rings. The first-order valence-corrected chi connectivity index (χ1v) is 6.79. The summed E-state index contributed by atoms with van der Waals surface area (Å²) < 4.78 is 8.00. The first-order chi connectivity index (χ1) is 8.44. The van der Waals surface area contributed by atoms with Gasteiger partial charge in [0.1, 0.15) is 5.82 Å². The molecule has 0 atom stereocenters. The Bertz CT molecular complexity index is 352. The minimum Gasteiger partial charge on any atom is -0.374 e. The molecule has 0 spiro atoms. The average molecular weight is 253 g/mol. The van der Waals surface area contributed by atoms with Gasteiger partial charge >= 0.3 is 0 Å². The summed E-state index contributed by atoms with van der Waals surface area (Å²) >= 11 is 0. The monoisotopic (exact) mass is 253 g/mol. The van der Waals surface area contributed by atoms with Crippen molar-refractivity contribution in [2.75, 3.05) is 13.2 Å². The highest BCUT2D eigenvalue weighted by atomic mass is 16.5. The van der Waals surface area contributed by atoms with Crippen molar-refractivity contribution in [3.8, 4) is 0 Å². The molecular weight excluding hydrogens is 226 g/mol. The molecule has 1 aromatic heterocycles. The standard InChI is InChI=1S/C14H27N3O/c1-6-7-15-10-13-11-16-12(2)17(13)8-9-18-14(3,4)5/h11,15H,6-10H2,1-5H3. The predicted molar refractivity (Wildman–Crippen MR) is 74.7 cm³/mol. The van der Waals surface area contributed by atoms with Gasteiger partial charge in [-0.05, 0) is 40.7 Å². The minimum atomic E-state index is -0.0743. The highest BCUT2D eigenvalue weighted by Gasteiger charge is 2.11. The van der Waals surface area contributed by atoms with Crippen LogP contribution in [0.5, 0.6) is 0 Å². The fourth-order valence-electron chi connectivity index (χ4n) is 1.80. The molecule has 4 nitrogen and oxygen atoms in total. The van der Waals surface area contributed by atoms with E-state index in [2.05, 4.69) is 42.6 Å². The maximum absolute atomic E-state index is 5.77. The molecular formula is C14H27N3O. The summed E-state index contributed by atoms with van der Waals surface area (Å²) in [5.74, 6) is 1.06. The number of nitrogens with one attached hydrogen (secondary N) is 1. The van der Waals surface area contributed by atoms with Gasteiger partial charge in [0.25, 0.3) is 0 Å². The number of hydrogen-bond donors (Lipinski definition) is 1. The Balaban J connectivity index is 2.50. The zero-order chi connectivity index (χ0) is 13.6. The molecule has 18 heavy (non-hydrogen) atoms. The first-order valence-electron chi connectivity index (χ1n) is 6.79. The third-order valence-corrected chi connectivity index (χ3v) is 2.72. The molecule has 0 radical (unpaired) electrons. The van der Waals surface area contributed by atoms with Gasteiger partial charge in [0.05, 0.1) is 17.9 Å². The second-order valence-corrected chi connectivity index (χ2v) is 5.59. The van der Waals surface area contributed by atoms with Crippen LogP contribution >= 0.6 is 0 Å². The molecule has 0 unspecified atom stereocenters. The fourth-order valence-corrected chi connectivity index (χ4v) is 1.80. The minimum absolute atomic E-state index is 0.0743. The first kappa shape index (κ1) is 15.2. The maximum atomic E-state index is 5.77. The van der Waals surface area contributed by atoms with Crippen LogP contribution in [-0.2, 0) is 17.8 Å². The lowest BCUT2D eigenvalue weighted by molar-refractivity contribution is -0.00725. The van der Waals surface area contributed by atoms with Crippen LogP contribution in [0.1, 0.15) is 45.6 Å². The maximum Gasteiger partial charge on any atom is 0.105 e. The van der Waals surface area contributed by atoms with Crippen LogP contribution in [0, 0.1) is 6.92 Å². The number of imidazole rings is 1. The molecule has 1 N–H and O–H groups in total. The molecule has 1 heterocycles. The van der Waals surface area contributed by atoms with Crippen molar-refractivity contribution >= 4 is 0 Å². The summed E-state index contributed by atoms with van der Waals surface area (Å²) in [6.07, 6.45) is 3.11. The Hall–Kier alpha value is -0.870. The summed E-state index contributed by atoms with van der Waals surface area (Å²) in [4.78, 5) is 4.38. The van der Waals surface area contributed by atoms with E-state index in [1.165, 1.54) is 5.69 Å². The lowest BCUT2D eigenvalue weighted by Crippen LogP contribution is -2.23. The second kappa shape index (κ2) is 6.90. The van der Waals surface area contributed by atoms with E-state index >= 15 is 0 Å². The van der Waals surface area contributed by atoms with Crippen molar-refractivity contribution in [1.82, 2.24) is 14.9 Å². The lowest BCUT2D eigenvalue weighted by atomic mass is 10.2. The van der Waals surface area contributed by atoms with Crippen molar-refractivity contribution in [2.24, 2.45) is 0 Å². The quantitative estimate of drug-likeness (QED) is 0.759. The Kier molecular flexibility index (Phi) is 5.82. The number of hydrogen-bond acceptors (Lipinski definition) is 3. The average Bonchev–Trinajstić information content (AvgIpc) is 2.60. The Morgan fingerprint density at radius 1 is 1.39 bits per heavy atom. The predicted octanol–water partition coefficient (Wildman–Crippen LogP) is 2.51. The molecule has 0 saturated carbocycles. The van der Waals surface area contributed by atoms with Crippen molar-refractivity contribution in [1.29, 1.82) is 0 Å². The zero-order valence-electron chi connectivity index (χ0n) is 12.4. The van der Waals surface area contributed by atoms with Crippen LogP contribution < -0.4 is 5.32 Å². The van der Waals surface area contributed by atoms with Crippen molar-refractivity contribution in [2.45, 2.75) is 59.7 Å². The molecule has 0 fully saturated rings. The largest absolute Gasteiger partial charge is 0.374 e. The summed E-state index contributed by atoms with van der Waals surface area (Å²) in [5.41, 5.74) is 1.16. The highest BCUT2D eigenvalue weighted by molar-refractivity contribution is 5.04. The lowest BCUT2D eigenvalue weighted by Gasteiger charge is -2.20. The van der Waals surface area contributed by atoms with Crippen molar-refractivity contribution in [3.63, 3.8) is 0 Å². The number of ether oxygens (including phenoxy) is 1. The van der Waals surface area contributed by atoms with E-state index in [4.69, 9.17) is 4.74 Å². The molecule has 4 heteroatoms. The van der Waals surface area contributed by atoms with Crippen molar-refractivity contribution in [3.05, 3.63) is 17.7 Å². The van der Waals surface area contributed by atoms with Crippen molar-refractivity contribution < 1.29 is 4.74 Å². The highest BCUT2D eigenvalue weighted by Crippen LogP contribution is 2.09. The topological polar surface area (TPSA) is 39.1 Å². The molecule has 0 amide bonds. The molecule has 0 aliphatic carbocycles. The summed E-state index contributed by atoms with van der Waals surface area (Å²) in [6, 6.07) is 0. The molecule has 0 aromatic carbocycles. The van der Waals surface area contributed by atoms with Gasteiger partial charge in [-0.1, -0.05) is 6.92 Å².